The molecule has 1 aromatic rings. The minimum atomic E-state index is -1.17. The minimum Gasteiger partial charge on any atom is -0.466 e. The summed E-state index contributed by atoms with van der Waals surface area (Å²) < 4.78 is 41.6. The molecule has 0 fully saturated rings. The van der Waals surface area contributed by atoms with E-state index in [1.807, 2.05) is 0 Å². The van der Waals surface area contributed by atoms with E-state index >= 15 is 0 Å². The fourth-order valence-corrected chi connectivity index (χ4v) is 2.21. The molecule has 0 atom stereocenters. The lowest BCUT2D eigenvalue weighted by Gasteiger charge is -2.32. The van der Waals surface area contributed by atoms with Gasteiger partial charge in [0, 0.05) is 6.07 Å². The highest BCUT2D eigenvalue weighted by atomic mass is 19.2. The predicted molar refractivity (Wildman–Crippen MR) is 78.6 cm³/mol. The van der Waals surface area contributed by atoms with Gasteiger partial charge in [0.15, 0.2) is 11.6 Å². The molecule has 0 bridgehead atoms. The van der Waals surface area contributed by atoms with Crippen LogP contribution in [0.3, 0.4) is 0 Å². The largest absolute Gasteiger partial charge is 0.466 e. The fourth-order valence-electron chi connectivity index (χ4n) is 2.21. The van der Waals surface area contributed by atoms with Gasteiger partial charge >= 0.3 is 11.9 Å². The molecule has 0 amide bonds. The van der Waals surface area contributed by atoms with Crippen molar-refractivity contribution in [3.05, 3.63) is 40.6 Å². The third kappa shape index (κ3) is 3.07. The number of terminal acetylenes is 1. The SMILES string of the molecule is C#Cc1cc(F)c(F)cc1N1COCC(C(=O)OC)=C1C(=O)OC. The van der Waals surface area contributed by atoms with Gasteiger partial charge in [-0.15, -0.1) is 6.42 Å². The maximum Gasteiger partial charge on any atom is 0.355 e. The summed E-state index contributed by atoms with van der Waals surface area (Å²) in [5.74, 6) is -1.79. The van der Waals surface area contributed by atoms with Crippen LogP contribution in [-0.2, 0) is 23.8 Å². The van der Waals surface area contributed by atoms with E-state index in [-0.39, 0.29) is 35.9 Å². The Kier molecular flexibility index (Phi) is 5.16. The van der Waals surface area contributed by atoms with Gasteiger partial charge in [0.25, 0.3) is 0 Å². The van der Waals surface area contributed by atoms with E-state index in [9.17, 15) is 18.4 Å². The summed E-state index contributed by atoms with van der Waals surface area (Å²) in [4.78, 5) is 25.1. The maximum absolute atomic E-state index is 13.6. The Morgan fingerprint density at radius 2 is 1.83 bits per heavy atom. The van der Waals surface area contributed by atoms with Crippen LogP contribution in [-0.4, -0.2) is 39.5 Å². The standard InChI is InChI=1S/C16H13F2NO5/c1-4-9-5-11(17)12(18)6-13(9)19-8-24-7-10(15(20)22-2)14(19)16(21)23-3/h1,5-6H,7-8H2,2-3H3. The third-order valence-corrected chi connectivity index (χ3v) is 3.32. The van der Waals surface area contributed by atoms with Crippen molar-refractivity contribution in [2.45, 2.75) is 0 Å². The molecule has 0 aliphatic carbocycles. The van der Waals surface area contributed by atoms with Crippen LogP contribution in [0.1, 0.15) is 5.56 Å². The van der Waals surface area contributed by atoms with Crippen LogP contribution in [0.4, 0.5) is 14.5 Å². The van der Waals surface area contributed by atoms with Gasteiger partial charge in [-0.25, -0.2) is 18.4 Å². The van der Waals surface area contributed by atoms with Crippen LogP contribution < -0.4 is 4.90 Å². The summed E-state index contributed by atoms with van der Waals surface area (Å²) in [6, 6.07) is 1.63. The van der Waals surface area contributed by atoms with E-state index in [1.54, 1.807) is 0 Å². The van der Waals surface area contributed by atoms with E-state index in [0.717, 1.165) is 31.3 Å². The van der Waals surface area contributed by atoms with E-state index in [0.29, 0.717) is 0 Å². The lowest BCUT2D eigenvalue weighted by Crippen LogP contribution is -2.39. The first-order valence-electron chi connectivity index (χ1n) is 6.65. The lowest BCUT2D eigenvalue weighted by molar-refractivity contribution is -0.140. The molecule has 0 saturated heterocycles. The molecule has 2 rings (SSSR count). The van der Waals surface area contributed by atoms with E-state index < -0.39 is 23.6 Å². The Morgan fingerprint density at radius 3 is 2.42 bits per heavy atom. The molecule has 1 aliphatic heterocycles. The van der Waals surface area contributed by atoms with Gasteiger partial charge in [0.2, 0.25) is 0 Å². The molecular formula is C16H13F2NO5. The zero-order chi connectivity index (χ0) is 17.9. The summed E-state index contributed by atoms with van der Waals surface area (Å²) in [7, 11) is 2.25. The van der Waals surface area contributed by atoms with Crippen molar-refractivity contribution in [3.8, 4) is 12.3 Å². The summed E-state index contributed by atoms with van der Waals surface area (Å²) >= 11 is 0. The Morgan fingerprint density at radius 1 is 1.21 bits per heavy atom. The second-order valence-electron chi connectivity index (χ2n) is 4.64. The van der Waals surface area contributed by atoms with Crippen LogP contribution in [0, 0.1) is 24.0 Å². The first-order chi connectivity index (χ1) is 11.4. The number of anilines is 1. The summed E-state index contributed by atoms with van der Waals surface area (Å²) in [5.41, 5.74) is -0.371. The van der Waals surface area contributed by atoms with Gasteiger partial charge in [-0.05, 0) is 6.07 Å². The Balaban J connectivity index is 2.68. The molecule has 24 heavy (non-hydrogen) atoms. The van der Waals surface area contributed by atoms with Gasteiger partial charge in [-0.1, -0.05) is 5.92 Å². The van der Waals surface area contributed by atoms with Crippen LogP contribution >= 0.6 is 0 Å². The number of benzene rings is 1. The van der Waals surface area contributed by atoms with Crippen LogP contribution in [0.15, 0.2) is 23.4 Å². The van der Waals surface area contributed by atoms with Crippen molar-refractivity contribution in [1.29, 1.82) is 0 Å². The number of esters is 2. The Hall–Kier alpha value is -2.92. The van der Waals surface area contributed by atoms with Crippen LogP contribution in [0.5, 0.6) is 0 Å². The first-order valence-corrected chi connectivity index (χ1v) is 6.65. The van der Waals surface area contributed by atoms with Crippen LogP contribution in [0.25, 0.3) is 0 Å². The first kappa shape index (κ1) is 17.4. The predicted octanol–water partition coefficient (Wildman–Crippen LogP) is 1.34. The number of halogens is 2. The zero-order valence-corrected chi connectivity index (χ0v) is 12.9. The highest BCUT2D eigenvalue weighted by Crippen LogP contribution is 2.30. The van der Waals surface area contributed by atoms with Gasteiger partial charge in [0.05, 0.1) is 37.7 Å². The molecule has 0 radical (unpaired) electrons. The highest BCUT2D eigenvalue weighted by molar-refractivity contribution is 6.03. The molecule has 0 spiro atoms. The lowest BCUT2D eigenvalue weighted by atomic mass is 10.1. The number of ether oxygens (including phenoxy) is 3. The molecule has 1 aromatic carbocycles. The molecule has 0 N–H and O–H groups in total. The van der Waals surface area contributed by atoms with Crippen molar-refractivity contribution in [3.63, 3.8) is 0 Å². The minimum absolute atomic E-state index is 0.0158. The number of hydrogen-bond acceptors (Lipinski definition) is 6. The number of carbonyl (C=O) groups is 2. The molecule has 0 unspecified atom stereocenters. The number of methoxy groups -OCH3 is 2. The van der Waals surface area contributed by atoms with E-state index in [2.05, 4.69) is 15.4 Å². The van der Waals surface area contributed by atoms with Crippen molar-refractivity contribution in [2.75, 3.05) is 32.5 Å². The quantitative estimate of drug-likeness (QED) is 0.613. The Bertz CT molecular complexity index is 766. The number of carbonyl (C=O) groups excluding carboxylic acids is 2. The summed E-state index contributed by atoms with van der Waals surface area (Å²) in [6.07, 6.45) is 5.32. The normalized spacial score (nSPS) is 14.2. The maximum atomic E-state index is 13.6. The zero-order valence-electron chi connectivity index (χ0n) is 12.9. The molecule has 126 valence electrons. The monoisotopic (exact) mass is 337 g/mol. The molecule has 1 heterocycles. The Labute approximate surface area is 136 Å². The molecule has 6 nitrogen and oxygen atoms in total. The second kappa shape index (κ2) is 7.10. The van der Waals surface area contributed by atoms with E-state index in [1.165, 1.54) is 0 Å². The van der Waals surface area contributed by atoms with Gasteiger partial charge in [-0.3, -0.25) is 0 Å². The van der Waals surface area contributed by atoms with Crippen molar-refractivity contribution in [1.82, 2.24) is 0 Å². The third-order valence-electron chi connectivity index (χ3n) is 3.32. The van der Waals surface area contributed by atoms with Crippen molar-refractivity contribution in [2.24, 2.45) is 0 Å². The van der Waals surface area contributed by atoms with Crippen molar-refractivity contribution < 1.29 is 32.6 Å². The number of hydrogen-bond donors (Lipinski definition) is 0. The number of rotatable bonds is 3. The molecule has 0 saturated carbocycles. The molecule has 8 heteroatoms. The highest BCUT2D eigenvalue weighted by Gasteiger charge is 2.33. The summed E-state index contributed by atoms with van der Waals surface area (Å²) in [5, 5.41) is 0. The second-order valence-corrected chi connectivity index (χ2v) is 4.64. The summed E-state index contributed by atoms with van der Waals surface area (Å²) in [6.45, 7) is -0.423. The number of nitrogens with zero attached hydrogens (tertiary/aromatic N) is 1. The van der Waals surface area contributed by atoms with E-state index in [4.69, 9.17) is 11.2 Å². The molecule has 0 aromatic heterocycles. The van der Waals surface area contributed by atoms with Gasteiger partial charge in [-0.2, -0.15) is 0 Å². The topological polar surface area (TPSA) is 65.1 Å². The van der Waals surface area contributed by atoms with Crippen molar-refractivity contribution >= 4 is 17.6 Å². The smallest absolute Gasteiger partial charge is 0.355 e. The van der Waals surface area contributed by atoms with Gasteiger partial charge < -0.3 is 19.1 Å². The average Bonchev–Trinajstić information content (AvgIpc) is 2.61. The molecule has 1 aliphatic rings. The van der Waals surface area contributed by atoms with Gasteiger partial charge in [0.1, 0.15) is 12.4 Å². The van der Waals surface area contributed by atoms with Crippen LogP contribution in [0.2, 0.25) is 0 Å². The fraction of sp³-hybridized carbons (Fsp3) is 0.250. The average molecular weight is 337 g/mol. The molecular weight excluding hydrogens is 324 g/mol.